The molecule has 16 heavy (non-hydrogen) atoms. The summed E-state index contributed by atoms with van der Waals surface area (Å²) in [6.07, 6.45) is 5.26. The van der Waals surface area contributed by atoms with E-state index in [0.717, 1.165) is 12.5 Å². The monoisotopic (exact) mass is 217 g/mol. The first-order valence-corrected chi connectivity index (χ1v) is 6.27. The maximum absolute atomic E-state index is 9.60. The van der Waals surface area contributed by atoms with Gasteiger partial charge in [0, 0.05) is 5.41 Å². The zero-order valence-corrected chi connectivity index (χ0v) is 9.52. The third kappa shape index (κ3) is 1.29. The summed E-state index contributed by atoms with van der Waals surface area (Å²) in [5.41, 5.74) is 7.46. The molecule has 0 bridgehead atoms. The lowest BCUT2D eigenvalue weighted by molar-refractivity contribution is 0.231. The van der Waals surface area contributed by atoms with E-state index >= 15 is 0 Å². The largest absolute Gasteiger partial charge is 0.508 e. The molecule has 2 nitrogen and oxygen atoms in total. The molecule has 0 aromatic heterocycles. The van der Waals surface area contributed by atoms with Gasteiger partial charge >= 0.3 is 0 Å². The number of hydrogen-bond donors (Lipinski definition) is 2. The summed E-state index contributed by atoms with van der Waals surface area (Å²) in [6.45, 7) is 0.784. The maximum atomic E-state index is 9.60. The van der Waals surface area contributed by atoms with Gasteiger partial charge in [-0.1, -0.05) is 18.6 Å². The van der Waals surface area contributed by atoms with Gasteiger partial charge in [-0.15, -0.1) is 0 Å². The Bertz CT molecular complexity index is 399. The Balaban J connectivity index is 1.95. The smallest absolute Gasteiger partial charge is 0.115 e. The molecule has 2 atom stereocenters. The van der Waals surface area contributed by atoms with Crippen LogP contribution in [0.25, 0.3) is 0 Å². The van der Waals surface area contributed by atoms with Gasteiger partial charge in [-0.2, -0.15) is 0 Å². The minimum atomic E-state index is 0.311. The molecule has 0 spiro atoms. The molecule has 3 rings (SSSR count). The number of hydrogen-bond acceptors (Lipinski definition) is 2. The summed E-state index contributed by atoms with van der Waals surface area (Å²) >= 11 is 0. The summed E-state index contributed by atoms with van der Waals surface area (Å²) in [5, 5.41) is 9.60. The summed E-state index contributed by atoms with van der Waals surface area (Å²) in [7, 11) is 0. The van der Waals surface area contributed by atoms with Crippen LogP contribution < -0.4 is 5.73 Å². The predicted octanol–water partition coefficient (Wildman–Crippen LogP) is 2.41. The molecule has 2 heteroatoms. The van der Waals surface area contributed by atoms with Crippen molar-refractivity contribution in [3.63, 3.8) is 0 Å². The molecular weight excluding hydrogens is 198 g/mol. The highest BCUT2D eigenvalue weighted by Crippen LogP contribution is 2.63. The Labute approximate surface area is 96.5 Å². The fourth-order valence-corrected chi connectivity index (χ4v) is 3.45. The number of rotatable bonds is 3. The number of benzene rings is 1. The van der Waals surface area contributed by atoms with E-state index in [4.69, 9.17) is 5.73 Å². The van der Waals surface area contributed by atoms with E-state index in [1.54, 1.807) is 6.07 Å². The maximum Gasteiger partial charge on any atom is 0.115 e. The van der Waals surface area contributed by atoms with Crippen molar-refractivity contribution in [3.05, 3.63) is 29.8 Å². The molecule has 86 valence electrons. The van der Waals surface area contributed by atoms with Crippen LogP contribution in [0.4, 0.5) is 0 Å². The van der Waals surface area contributed by atoms with Crippen LogP contribution in [0.1, 0.15) is 31.2 Å². The Morgan fingerprint density at radius 2 is 2.19 bits per heavy atom. The second kappa shape index (κ2) is 3.49. The lowest BCUT2D eigenvalue weighted by Crippen LogP contribution is -2.30. The molecule has 0 amide bonds. The lowest BCUT2D eigenvalue weighted by Gasteiger charge is -2.35. The zero-order valence-electron chi connectivity index (χ0n) is 9.52. The molecule has 0 heterocycles. The third-order valence-electron chi connectivity index (χ3n) is 4.65. The Morgan fingerprint density at radius 1 is 1.38 bits per heavy atom. The molecule has 1 unspecified atom stereocenters. The average Bonchev–Trinajstić information content (AvgIpc) is 2.91. The second-order valence-corrected chi connectivity index (χ2v) is 5.36. The average molecular weight is 217 g/mol. The molecule has 2 aliphatic rings. The van der Waals surface area contributed by atoms with Crippen molar-refractivity contribution in [2.24, 2.45) is 17.6 Å². The quantitative estimate of drug-likeness (QED) is 0.816. The van der Waals surface area contributed by atoms with E-state index in [1.807, 2.05) is 12.1 Å². The van der Waals surface area contributed by atoms with Gasteiger partial charge in [0.15, 0.2) is 0 Å². The first-order chi connectivity index (χ1) is 7.77. The molecule has 0 saturated heterocycles. The molecule has 2 saturated carbocycles. The van der Waals surface area contributed by atoms with Crippen molar-refractivity contribution >= 4 is 0 Å². The van der Waals surface area contributed by atoms with Gasteiger partial charge in [-0.05, 0) is 55.3 Å². The molecule has 1 aromatic rings. The summed E-state index contributed by atoms with van der Waals surface area (Å²) in [6, 6.07) is 7.80. The van der Waals surface area contributed by atoms with Crippen molar-refractivity contribution in [2.45, 2.75) is 31.1 Å². The summed E-state index contributed by atoms with van der Waals surface area (Å²) in [5.74, 6) is 1.83. The van der Waals surface area contributed by atoms with Crippen molar-refractivity contribution < 1.29 is 5.11 Å². The first-order valence-electron chi connectivity index (χ1n) is 6.27. The van der Waals surface area contributed by atoms with Crippen molar-refractivity contribution in [1.29, 1.82) is 0 Å². The van der Waals surface area contributed by atoms with Gasteiger partial charge < -0.3 is 10.8 Å². The molecule has 2 fully saturated rings. The van der Waals surface area contributed by atoms with Crippen LogP contribution in [-0.2, 0) is 5.41 Å². The fraction of sp³-hybridized carbons (Fsp3) is 0.571. The fourth-order valence-electron chi connectivity index (χ4n) is 3.45. The Morgan fingerprint density at radius 3 is 2.69 bits per heavy atom. The topological polar surface area (TPSA) is 46.2 Å². The lowest BCUT2D eigenvalue weighted by atomic mass is 9.69. The van der Waals surface area contributed by atoms with Gasteiger partial charge in [0.2, 0.25) is 0 Å². The standard InChI is InChI=1S/C14H19NO/c15-9-12-8-14(12,10-3-1-4-10)11-5-2-6-13(16)7-11/h2,5-7,10,12,16H,1,3-4,8-9,15H2/t12-,14?/m0/s1. The van der Waals surface area contributed by atoms with Gasteiger partial charge in [-0.3, -0.25) is 0 Å². The van der Waals surface area contributed by atoms with Gasteiger partial charge in [0.05, 0.1) is 0 Å². The SMILES string of the molecule is NC[C@@H]1CC1(c1cccc(O)c1)C1CCC1. The van der Waals surface area contributed by atoms with E-state index in [0.29, 0.717) is 17.1 Å². The van der Waals surface area contributed by atoms with E-state index in [2.05, 4.69) is 6.07 Å². The van der Waals surface area contributed by atoms with Crippen LogP contribution in [0.2, 0.25) is 0 Å². The number of aromatic hydroxyl groups is 1. The molecule has 0 aliphatic heterocycles. The molecule has 3 N–H and O–H groups in total. The van der Waals surface area contributed by atoms with Gasteiger partial charge in [0.1, 0.15) is 5.75 Å². The Kier molecular flexibility index (Phi) is 2.21. The van der Waals surface area contributed by atoms with Crippen LogP contribution >= 0.6 is 0 Å². The predicted molar refractivity (Wildman–Crippen MR) is 64.3 cm³/mol. The van der Waals surface area contributed by atoms with E-state index in [1.165, 1.54) is 31.2 Å². The highest BCUT2D eigenvalue weighted by atomic mass is 16.3. The normalized spacial score (nSPS) is 33.4. The zero-order chi connectivity index (χ0) is 11.2. The van der Waals surface area contributed by atoms with Crippen molar-refractivity contribution in [1.82, 2.24) is 0 Å². The highest BCUT2D eigenvalue weighted by molar-refractivity contribution is 5.40. The van der Waals surface area contributed by atoms with Gasteiger partial charge in [-0.25, -0.2) is 0 Å². The highest BCUT2D eigenvalue weighted by Gasteiger charge is 2.59. The molecule has 0 radical (unpaired) electrons. The summed E-state index contributed by atoms with van der Waals surface area (Å²) in [4.78, 5) is 0. The van der Waals surface area contributed by atoms with Crippen LogP contribution in [0.15, 0.2) is 24.3 Å². The summed E-state index contributed by atoms with van der Waals surface area (Å²) < 4.78 is 0. The molecule has 2 aliphatic carbocycles. The van der Waals surface area contributed by atoms with E-state index in [9.17, 15) is 5.11 Å². The van der Waals surface area contributed by atoms with Gasteiger partial charge in [0.25, 0.3) is 0 Å². The number of phenolic OH excluding ortho intramolecular Hbond substituents is 1. The minimum absolute atomic E-state index is 0.311. The first kappa shape index (κ1) is 10.2. The second-order valence-electron chi connectivity index (χ2n) is 5.36. The number of phenols is 1. The Hall–Kier alpha value is -1.02. The van der Waals surface area contributed by atoms with Crippen LogP contribution in [0.3, 0.4) is 0 Å². The minimum Gasteiger partial charge on any atom is -0.508 e. The van der Waals surface area contributed by atoms with E-state index < -0.39 is 0 Å². The van der Waals surface area contributed by atoms with Crippen LogP contribution in [0, 0.1) is 11.8 Å². The number of nitrogens with two attached hydrogens (primary N) is 1. The third-order valence-corrected chi connectivity index (χ3v) is 4.65. The van der Waals surface area contributed by atoms with Crippen molar-refractivity contribution in [3.8, 4) is 5.75 Å². The van der Waals surface area contributed by atoms with Crippen molar-refractivity contribution in [2.75, 3.05) is 6.54 Å². The molecule has 1 aromatic carbocycles. The molecular formula is C14H19NO. The van der Waals surface area contributed by atoms with E-state index in [-0.39, 0.29) is 0 Å². The van der Waals surface area contributed by atoms with Crippen LogP contribution in [-0.4, -0.2) is 11.7 Å². The van der Waals surface area contributed by atoms with Crippen LogP contribution in [0.5, 0.6) is 5.75 Å².